The first-order valence-electron chi connectivity index (χ1n) is 8.99. The van der Waals surface area contributed by atoms with Gasteiger partial charge in [0.25, 0.3) is 0 Å². The highest BCUT2D eigenvalue weighted by Gasteiger charge is 2.35. The molecule has 1 aromatic carbocycles. The molecule has 2 aromatic rings. The molecule has 0 amide bonds. The van der Waals surface area contributed by atoms with Crippen molar-refractivity contribution >= 4 is 0 Å². The molecule has 2 heterocycles. The highest BCUT2D eigenvalue weighted by molar-refractivity contribution is 5.69. The van der Waals surface area contributed by atoms with Crippen LogP contribution in [0.5, 0.6) is 0 Å². The summed E-state index contributed by atoms with van der Waals surface area (Å²) in [6, 6.07) is 7.83. The summed E-state index contributed by atoms with van der Waals surface area (Å²) in [5, 5.41) is 10.9. The predicted octanol–water partition coefficient (Wildman–Crippen LogP) is 4.88. The van der Waals surface area contributed by atoms with Gasteiger partial charge in [-0.15, -0.1) is 0 Å². The first kappa shape index (κ1) is 17.3. The molecule has 1 aromatic heterocycles. The largest absolute Gasteiger partial charge is 0.409 e. The van der Waals surface area contributed by atoms with Crippen LogP contribution in [0.15, 0.2) is 48.4 Å². The summed E-state index contributed by atoms with van der Waals surface area (Å²) < 4.78 is 39.4. The lowest BCUT2D eigenvalue weighted by Crippen LogP contribution is -2.26. The van der Waals surface area contributed by atoms with Crippen LogP contribution in [0.4, 0.5) is 13.2 Å². The zero-order valence-corrected chi connectivity index (χ0v) is 14.3. The maximum atomic E-state index is 12.5. The van der Waals surface area contributed by atoms with Crippen molar-refractivity contribution in [3.8, 4) is 11.3 Å². The van der Waals surface area contributed by atoms with Crippen LogP contribution >= 0.6 is 0 Å². The minimum Gasteiger partial charge on any atom is -0.391 e. The molecule has 6 heteroatoms. The number of aliphatic hydroxyl groups is 1. The van der Waals surface area contributed by atoms with E-state index in [9.17, 15) is 18.3 Å². The Balaban J connectivity index is 1.45. The number of fused-ring (bicyclic) bond motifs is 3. The molecule has 2 unspecified atom stereocenters. The maximum absolute atomic E-state index is 12.5. The summed E-state index contributed by atoms with van der Waals surface area (Å²) in [7, 11) is 0. The van der Waals surface area contributed by atoms with Gasteiger partial charge < -0.3 is 9.67 Å². The summed E-state index contributed by atoms with van der Waals surface area (Å²) in [6.07, 6.45) is 2.11. The third kappa shape index (κ3) is 3.30. The van der Waals surface area contributed by atoms with Gasteiger partial charge in [0.15, 0.2) is 0 Å². The summed E-state index contributed by atoms with van der Waals surface area (Å²) in [5.74, 6) is 0.245. The summed E-state index contributed by atoms with van der Waals surface area (Å²) >= 11 is 0. The predicted molar refractivity (Wildman–Crippen MR) is 92.5 cm³/mol. The number of imidazole rings is 1. The molecule has 1 N–H and O–H groups in total. The molecule has 3 nitrogen and oxygen atoms in total. The molecule has 0 bridgehead atoms. The molecular weight excluding hydrogens is 341 g/mol. The Bertz CT molecular complexity index is 814. The molecule has 2 atom stereocenters. The number of aromatic nitrogens is 2. The van der Waals surface area contributed by atoms with Crippen molar-refractivity contribution < 1.29 is 18.3 Å². The minimum atomic E-state index is -4.23. The first-order valence-corrected chi connectivity index (χ1v) is 8.99. The molecule has 1 fully saturated rings. The molecule has 0 spiro atoms. The van der Waals surface area contributed by atoms with Crippen molar-refractivity contribution in [2.45, 2.75) is 50.4 Å². The summed E-state index contributed by atoms with van der Waals surface area (Å²) in [5.41, 5.74) is 3.66. The number of nitrogens with zero attached hydrogens (tertiary/aromatic N) is 2. The molecule has 4 rings (SSSR count). The maximum Gasteiger partial charge on any atom is 0.409 e. The van der Waals surface area contributed by atoms with Gasteiger partial charge in [-0.2, -0.15) is 13.2 Å². The van der Waals surface area contributed by atoms with Gasteiger partial charge in [-0.3, -0.25) is 0 Å². The number of halogens is 3. The second-order valence-corrected chi connectivity index (χ2v) is 7.31. The number of aliphatic hydroxyl groups excluding tert-OH is 1. The number of rotatable bonds is 3. The van der Waals surface area contributed by atoms with E-state index in [0.717, 1.165) is 16.8 Å². The van der Waals surface area contributed by atoms with Crippen molar-refractivity contribution in [2.24, 2.45) is 5.92 Å². The fourth-order valence-corrected chi connectivity index (χ4v) is 4.40. The highest BCUT2D eigenvalue weighted by Crippen LogP contribution is 2.43. The fraction of sp³-hybridized carbons (Fsp3) is 0.450. The van der Waals surface area contributed by atoms with E-state index >= 15 is 0 Å². The Morgan fingerprint density at radius 3 is 2.69 bits per heavy atom. The third-order valence-corrected chi connectivity index (χ3v) is 5.58. The van der Waals surface area contributed by atoms with Crippen LogP contribution in [0.25, 0.3) is 11.3 Å². The normalized spacial score (nSPS) is 23.5. The molecule has 1 aliphatic heterocycles. The van der Waals surface area contributed by atoms with Gasteiger partial charge >= 0.3 is 6.18 Å². The molecule has 26 heavy (non-hydrogen) atoms. The van der Waals surface area contributed by atoms with Crippen LogP contribution < -0.4 is 0 Å². The average molecular weight is 362 g/mol. The van der Waals surface area contributed by atoms with Crippen molar-refractivity contribution in [1.29, 1.82) is 0 Å². The van der Waals surface area contributed by atoms with Gasteiger partial charge in [0, 0.05) is 11.6 Å². The van der Waals surface area contributed by atoms with E-state index in [-0.39, 0.29) is 12.0 Å². The molecule has 2 aliphatic rings. The smallest absolute Gasteiger partial charge is 0.391 e. The fourth-order valence-electron chi connectivity index (χ4n) is 4.40. The van der Waals surface area contributed by atoms with E-state index < -0.39 is 12.3 Å². The van der Waals surface area contributed by atoms with Crippen molar-refractivity contribution in [3.05, 3.63) is 54.0 Å². The van der Waals surface area contributed by atoms with E-state index in [1.807, 2.05) is 28.8 Å². The zero-order chi connectivity index (χ0) is 18.3. The molecule has 138 valence electrons. The molecule has 0 radical (unpaired) electrons. The van der Waals surface area contributed by atoms with Crippen LogP contribution in [-0.4, -0.2) is 26.9 Å². The second kappa shape index (κ2) is 6.58. The number of alkyl halides is 3. The van der Waals surface area contributed by atoms with E-state index in [1.54, 1.807) is 12.5 Å². The van der Waals surface area contributed by atoms with Gasteiger partial charge in [-0.25, -0.2) is 4.98 Å². The van der Waals surface area contributed by atoms with E-state index in [1.165, 1.54) is 0 Å². The summed E-state index contributed by atoms with van der Waals surface area (Å²) in [4.78, 5) is 4.20. The second-order valence-electron chi connectivity index (χ2n) is 7.31. The number of hydrogen-bond donors (Lipinski definition) is 1. The van der Waals surface area contributed by atoms with Crippen molar-refractivity contribution in [1.82, 2.24) is 9.55 Å². The minimum absolute atomic E-state index is 0.171. The highest BCUT2D eigenvalue weighted by atomic mass is 19.4. The SMILES string of the molecule is OC(CC1CCC(=CC(F)(F)F)CC1)C1c2ccccc2-c2cncn21. The monoisotopic (exact) mass is 362 g/mol. The lowest BCUT2D eigenvalue weighted by molar-refractivity contribution is -0.0809. The number of hydrogen-bond acceptors (Lipinski definition) is 2. The third-order valence-electron chi connectivity index (χ3n) is 5.58. The number of benzene rings is 1. The van der Waals surface area contributed by atoms with Gasteiger partial charge in [0.1, 0.15) is 0 Å². The Morgan fingerprint density at radius 2 is 1.96 bits per heavy atom. The quantitative estimate of drug-likeness (QED) is 0.790. The Kier molecular flexibility index (Phi) is 4.39. The standard InChI is InChI=1S/C20H21F3N2O/c21-20(22,23)10-14-7-5-13(6-8-14)9-18(26)19-16-4-2-1-3-15(16)17-11-24-12-25(17)19/h1-4,10-13,18-19,26H,5-9H2. The van der Waals surface area contributed by atoms with Crippen molar-refractivity contribution in [3.63, 3.8) is 0 Å². The molecular formula is C20H21F3N2O. The topological polar surface area (TPSA) is 38.1 Å². The van der Waals surface area contributed by atoms with Crippen LogP contribution in [0.3, 0.4) is 0 Å². The van der Waals surface area contributed by atoms with Gasteiger partial charge in [-0.1, -0.05) is 29.8 Å². The van der Waals surface area contributed by atoms with E-state index in [4.69, 9.17) is 0 Å². The molecule has 1 saturated carbocycles. The van der Waals surface area contributed by atoms with Crippen molar-refractivity contribution in [2.75, 3.05) is 0 Å². The van der Waals surface area contributed by atoms with E-state index in [2.05, 4.69) is 4.98 Å². The Hall–Kier alpha value is -2.08. The van der Waals surface area contributed by atoms with E-state index in [0.29, 0.717) is 43.8 Å². The number of allylic oxidation sites excluding steroid dienone is 2. The van der Waals surface area contributed by atoms with Crippen LogP contribution in [0.2, 0.25) is 0 Å². The summed E-state index contributed by atoms with van der Waals surface area (Å²) in [6.45, 7) is 0. The Morgan fingerprint density at radius 1 is 1.23 bits per heavy atom. The lowest BCUT2D eigenvalue weighted by Gasteiger charge is -2.29. The zero-order valence-electron chi connectivity index (χ0n) is 14.3. The first-order chi connectivity index (χ1) is 12.4. The van der Waals surface area contributed by atoms with Crippen LogP contribution in [0.1, 0.15) is 43.7 Å². The Labute approximate surface area is 150 Å². The van der Waals surface area contributed by atoms with Gasteiger partial charge in [0.2, 0.25) is 0 Å². The lowest BCUT2D eigenvalue weighted by atomic mass is 9.81. The average Bonchev–Trinajstić information content (AvgIpc) is 3.15. The van der Waals surface area contributed by atoms with Crippen LogP contribution in [-0.2, 0) is 0 Å². The van der Waals surface area contributed by atoms with Gasteiger partial charge in [0.05, 0.1) is 30.4 Å². The molecule has 1 aliphatic carbocycles. The van der Waals surface area contributed by atoms with Crippen LogP contribution in [0, 0.1) is 5.92 Å². The van der Waals surface area contributed by atoms with Gasteiger partial charge in [-0.05, 0) is 43.6 Å². The molecule has 0 saturated heterocycles.